The Kier molecular flexibility index (Phi) is 6.81. The number of nitrogens with one attached hydrogen (secondary N) is 1. The van der Waals surface area contributed by atoms with Crippen molar-refractivity contribution in [3.05, 3.63) is 71.6 Å². The molecule has 0 aliphatic heterocycles. The molecule has 2 aromatic heterocycles. The van der Waals surface area contributed by atoms with E-state index in [-0.39, 0.29) is 17.5 Å². The van der Waals surface area contributed by atoms with Gasteiger partial charge in [-0.3, -0.25) is 4.79 Å². The van der Waals surface area contributed by atoms with E-state index in [0.717, 1.165) is 11.3 Å². The van der Waals surface area contributed by atoms with Gasteiger partial charge in [0, 0.05) is 18.0 Å². The standard InChI is InChI=1S/C22H20FN5O2S2/c1-14(30-17-10-8-16(23)9-11-17)20-26-27-22(28(20)2)32-13-19(29)25-21-24-18(12-31-21)15-6-4-3-5-7-15/h3-12,14H,13H2,1-2H3,(H,24,25,29). The number of benzene rings is 2. The van der Waals surface area contributed by atoms with Crippen molar-refractivity contribution in [2.24, 2.45) is 7.05 Å². The summed E-state index contributed by atoms with van der Waals surface area (Å²) in [6.07, 6.45) is -0.395. The fourth-order valence-corrected chi connectivity index (χ4v) is 4.39. The molecule has 0 spiro atoms. The van der Waals surface area contributed by atoms with E-state index in [4.69, 9.17) is 4.74 Å². The summed E-state index contributed by atoms with van der Waals surface area (Å²) in [6, 6.07) is 15.6. The minimum atomic E-state index is -0.395. The van der Waals surface area contributed by atoms with Crippen LogP contribution in [0.3, 0.4) is 0 Å². The van der Waals surface area contributed by atoms with Gasteiger partial charge in [-0.05, 0) is 31.2 Å². The first-order valence-corrected chi connectivity index (χ1v) is 11.6. The second-order valence-corrected chi connectivity index (χ2v) is 8.66. The molecule has 2 heterocycles. The minimum Gasteiger partial charge on any atom is -0.483 e. The highest BCUT2D eigenvalue weighted by Gasteiger charge is 2.18. The first kappa shape index (κ1) is 22.0. The molecular formula is C22H20FN5O2S2. The highest BCUT2D eigenvalue weighted by molar-refractivity contribution is 7.99. The number of thioether (sulfide) groups is 1. The van der Waals surface area contributed by atoms with Crippen molar-refractivity contribution < 1.29 is 13.9 Å². The number of aromatic nitrogens is 4. The van der Waals surface area contributed by atoms with Crippen molar-refractivity contribution in [1.29, 1.82) is 0 Å². The number of ether oxygens (including phenoxy) is 1. The summed E-state index contributed by atoms with van der Waals surface area (Å²) in [7, 11) is 1.81. The molecule has 1 unspecified atom stereocenters. The average molecular weight is 470 g/mol. The summed E-state index contributed by atoms with van der Waals surface area (Å²) < 4.78 is 20.6. The van der Waals surface area contributed by atoms with Crippen LogP contribution in [0.1, 0.15) is 18.9 Å². The van der Waals surface area contributed by atoms with Crippen LogP contribution in [0.4, 0.5) is 9.52 Å². The van der Waals surface area contributed by atoms with Gasteiger partial charge in [0.25, 0.3) is 0 Å². The highest BCUT2D eigenvalue weighted by atomic mass is 32.2. The molecule has 0 fully saturated rings. The molecule has 32 heavy (non-hydrogen) atoms. The number of amides is 1. The molecule has 2 aromatic carbocycles. The number of carbonyl (C=O) groups excluding carboxylic acids is 1. The van der Waals surface area contributed by atoms with Crippen molar-refractivity contribution >= 4 is 34.1 Å². The Labute approximate surface area is 192 Å². The molecule has 0 saturated heterocycles. The minimum absolute atomic E-state index is 0.166. The maximum absolute atomic E-state index is 13.1. The third-order valence-electron chi connectivity index (χ3n) is 4.51. The van der Waals surface area contributed by atoms with E-state index in [2.05, 4.69) is 20.5 Å². The van der Waals surface area contributed by atoms with Crippen molar-refractivity contribution in [2.45, 2.75) is 18.2 Å². The Hall–Kier alpha value is -3.24. The molecule has 7 nitrogen and oxygen atoms in total. The predicted octanol–water partition coefficient (Wildman–Crippen LogP) is 4.95. The second kappa shape index (κ2) is 9.92. The molecule has 10 heteroatoms. The Bertz CT molecular complexity index is 1190. The van der Waals surface area contributed by atoms with Gasteiger partial charge in [-0.2, -0.15) is 0 Å². The second-order valence-electron chi connectivity index (χ2n) is 6.85. The summed E-state index contributed by atoms with van der Waals surface area (Å²) in [5, 5.41) is 14.2. The predicted molar refractivity (Wildman–Crippen MR) is 123 cm³/mol. The van der Waals surface area contributed by atoms with E-state index in [1.807, 2.05) is 49.7 Å². The zero-order valence-corrected chi connectivity index (χ0v) is 19.0. The number of hydrogen-bond acceptors (Lipinski definition) is 7. The first-order valence-electron chi connectivity index (χ1n) is 9.74. The van der Waals surface area contributed by atoms with Crippen molar-refractivity contribution in [3.8, 4) is 17.0 Å². The van der Waals surface area contributed by atoms with Gasteiger partial charge in [0.1, 0.15) is 11.6 Å². The summed E-state index contributed by atoms with van der Waals surface area (Å²) in [4.78, 5) is 16.8. The molecule has 4 aromatic rings. The number of carbonyl (C=O) groups is 1. The molecule has 4 rings (SSSR count). The van der Waals surface area contributed by atoms with Gasteiger partial charge in [0.2, 0.25) is 5.91 Å². The lowest BCUT2D eigenvalue weighted by atomic mass is 10.2. The van der Waals surface area contributed by atoms with Gasteiger partial charge in [0.05, 0.1) is 11.4 Å². The van der Waals surface area contributed by atoms with Gasteiger partial charge in [0.15, 0.2) is 22.2 Å². The highest BCUT2D eigenvalue weighted by Crippen LogP contribution is 2.26. The Morgan fingerprint density at radius 2 is 1.94 bits per heavy atom. The molecule has 1 atom stereocenters. The van der Waals surface area contributed by atoms with Crippen LogP contribution in [-0.2, 0) is 11.8 Å². The van der Waals surface area contributed by atoms with E-state index < -0.39 is 6.10 Å². The molecular weight excluding hydrogens is 449 g/mol. The van der Waals surface area contributed by atoms with Crippen LogP contribution < -0.4 is 10.1 Å². The van der Waals surface area contributed by atoms with Crippen LogP contribution in [0.2, 0.25) is 0 Å². The molecule has 164 valence electrons. The first-order chi connectivity index (χ1) is 15.5. The van der Waals surface area contributed by atoms with Crippen LogP contribution in [0.5, 0.6) is 5.75 Å². The zero-order chi connectivity index (χ0) is 22.5. The molecule has 1 N–H and O–H groups in total. The van der Waals surface area contributed by atoms with Gasteiger partial charge < -0.3 is 14.6 Å². The van der Waals surface area contributed by atoms with Gasteiger partial charge in [-0.1, -0.05) is 42.1 Å². The topological polar surface area (TPSA) is 81.9 Å². The Morgan fingerprint density at radius 1 is 1.19 bits per heavy atom. The fourth-order valence-electron chi connectivity index (χ4n) is 2.93. The smallest absolute Gasteiger partial charge is 0.236 e. The summed E-state index contributed by atoms with van der Waals surface area (Å²) in [5.74, 6) is 0.802. The fraction of sp³-hybridized carbons (Fsp3) is 0.182. The van der Waals surface area contributed by atoms with Gasteiger partial charge in [-0.25, -0.2) is 9.37 Å². The molecule has 1 amide bonds. The Balaban J connectivity index is 1.32. The van der Waals surface area contributed by atoms with Gasteiger partial charge in [-0.15, -0.1) is 21.5 Å². The van der Waals surface area contributed by atoms with Crippen LogP contribution in [0.25, 0.3) is 11.3 Å². The summed E-state index contributed by atoms with van der Waals surface area (Å²) in [6.45, 7) is 1.83. The lowest BCUT2D eigenvalue weighted by Gasteiger charge is -2.14. The van der Waals surface area contributed by atoms with Crippen molar-refractivity contribution in [2.75, 3.05) is 11.1 Å². The van der Waals surface area contributed by atoms with E-state index in [1.165, 1.54) is 35.2 Å². The van der Waals surface area contributed by atoms with E-state index in [9.17, 15) is 9.18 Å². The van der Waals surface area contributed by atoms with E-state index in [0.29, 0.717) is 21.9 Å². The number of rotatable bonds is 8. The zero-order valence-electron chi connectivity index (χ0n) is 17.4. The van der Waals surface area contributed by atoms with Crippen LogP contribution in [-0.4, -0.2) is 31.4 Å². The lowest BCUT2D eigenvalue weighted by Crippen LogP contribution is -2.14. The molecule has 0 aliphatic rings. The van der Waals surface area contributed by atoms with Gasteiger partial charge >= 0.3 is 0 Å². The van der Waals surface area contributed by atoms with Crippen LogP contribution >= 0.6 is 23.1 Å². The molecule has 0 aliphatic carbocycles. The average Bonchev–Trinajstić information content (AvgIpc) is 3.41. The van der Waals surface area contributed by atoms with Crippen molar-refractivity contribution in [3.63, 3.8) is 0 Å². The third kappa shape index (κ3) is 5.32. The maximum Gasteiger partial charge on any atom is 0.236 e. The largest absolute Gasteiger partial charge is 0.483 e. The number of thiazole rings is 1. The quantitative estimate of drug-likeness (QED) is 0.368. The summed E-state index contributed by atoms with van der Waals surface area (Å²) >= 11 is 2.65. The SMILES string of the molecule is CC(Oc1ccc(F)cc1)c1nnc(SCC(=O)Nc2nc(-c3ccccc3)cs2)n1C. The van der Waals surface area contributed by atoms with E-state index in [1.54, 1.807) is 16.7 Å². The van der Waals surface area contributed by atoms with Crippen molar-refractivity contribution in [1.82, 2.24) is 19.7 Å². The maximum atomic E-state index is 13.1. The van der Waals surface area contributed by atoms with Crippen LogP contribution in [0.15, 0.2) is 65.1 Å². The third-order valence-corrected chi connectivity index (χ3v) is 6.29. The van der Waals surface area contributed by atoms with Crippen LogP contribution in [0, 0.1) is 5.82 Å². The summed E-state index contributed by atoms with van der Waals surface area (Å²) in [5.41, 5.74) is 1.83. The Morgan fingerprint density at radius 3 is 2.69 bits per heavy atom. The molecule has 0 radical (unpaired) electrons. The molecule has 0 bridgehead atoms. The molecule has 0 saturated carbocycles. The number of hydrogen-bond donors (Lipinski definition) is 1. The monoisotopic (exact) mass is 469 g/mol. The lowest BCUT2D eigenvalue weighted by molar-refractivity contribution is -0.113. The number of halogens is 1. The van der Waals surface area contributed by atoms with E-state index >= 15 is 0 Å². The number of nitrogens with zero attached hydrogens (tertiary/aromatic N) is 4. The normalized spacial score (nSPS) is 11.8. The number of anilines is 1.